The molecule has 6 heteroatoms. The molecule has 0 radical (unpaired) electrons. The van der Waals surface area contributed by atoms with Crippen molar-refractivity contribution in [3.05, 3.63) is 77.6 Å². The molecule has 2 aromatic heterocycles. The largest absolute Gasteiger partial charge is 0.354 e. The van der Waals surface area contributed by atoms with E-state index in [1.165, 1.54) is 16.7 Å². The number of aryl methyl sites for hydroxylation is 2. The third-order valence-electron chi connectivity index (χ3n) is 4.64. The maximum atomic E-state index is 4.64. The first-order valence-electron chi connectivity index (χ1n) is 9.30. The van der Waals surface area contributed by atoms with Gasteiger partial charge in [0.1, 0.15) is 0 Å². The Bertz CT molecular complexity index is 1090. The van der Waals surface area contributed by atoms with Crippen LogP contribution in [-0.2, 0) is 6.42 Å². The van der Waals surface area contributed by atoms with E-state index in [9.17, 15) is 0 Å². The van der Waals surface area contributed by atoms with Crippen molar-refractivity contribution in [2.75, 3.05) is 17.2 Å². The highest BCUT2D eigenvalue weighted by atomic mass is 15.2. The summed E-state index contributed by atoms with van der Waals surface area (Å²) in [7, 11) is 0. The fourth-order valence-electron chi connectivity index (χ4n) is 2.95. The van der Waals surface area contributed by atoms with Crippen LogP contribution in [0.25, 0.3) is 11.2 Å². The first kappa shape index (κ1) is 17.9. The predicted molar refractivity (Wildman–Crippen MR) is 113 cm³/mol. The zero-order chi connectivity index (χ0) is 19.3. The van der Waals surface area contributed by atoms with Gasteiger partial charge in [0, 0.05) is 24.6 Å². The van der Waals surface area contributed by atoms with E-state index < -0.39 is 0 Å². The molecule has 2 aromatic carbocycles. The van der Waals surface area contributed by atoms with Crippen LogP contribution in [0.5, 0.6) is 0 Å². The number of nitrogens with one attached hydrogen (secondary N) is 2. The molecule has 0 aliphatic rings. The van der Waals surface area contributed by atoms with E-state index >= 15 is 0 Å². The van der Waals surface area contributed by atoms with Crippen molar-refractivity contribution in [2.45, 2.75) is 20.3 Å². The molecular weight excluding hydrogens is 348 g/mol. The van der Waals surface area contributed by atoms with E-state index in [1.807, 2.05) is 24.3 Å². The maximum Gasteiger partial charge on any atom is 0.226 e. The minimum absolute atomic E-state index is 0.537. The molecule has 140 valence electrons. The van der Waals surface area contributed by atoms with Crippen LogP contribution < -0.4 is 10.6 Å². The lowest BCUT2D eigenvalue weighted by molar-refractivity contribution is 0.987. The Morgan fingerprint density at radius 1 is 0.857 bits per heavy atom. The summed E-state index contributed by atoms with van der Waals surface area (Å²) in [4.78, 5) is 17.9. The quantitative estimate of drug-likeness (QED) is 0.523. The van der Waals surface area contributed by atoms with Gasteiger partial charge >= 0.3 is 0 Å². The van der Waals surface area contributed by atoms with E-state index in [-0.39, 0.29) is 0 Å². The van der Waals surface area contributed by atoms with Gasteiger partial charge in [-0.1, -0.05) is 36.4 Å². The molecule has 0 unspecified atom stereocenters. The van der Waals surface area contributed by atoms with E-state index in [0.717, 1.165) is 18.7 Å². The molecule has 2 heterocycles. The highest BCUT2D eigenvalue weighted by molar-refractivity contribution is 5.85. The Morgan fingerprint density at radius 2 is 1.68 bits per heavy atom. The van der Waals surface area contributed by atoms with Crippen LogP contribution in [0.2, 0.25) is 0 Å². The maximum absolute atomic E-state index is 4.64. The van der Waals surface area contributed by atoms with Crippen molar-refractivity contribution >= 4 is 28.6 Å². The molecule has 0 aliphatic carbocycles. The molecule has 0 aliphatic heterocycles. The number of nitrogens with zero attached hydrogens (tertiary/aromatic N) is 4. The number of fused-ring (bicyclic) bond motifs is 1. The van der Waals surface area contributed by atoms with Crippen LogP contribution >= 0.6 is 0 Å². The molecule has 0 amide bonds. The SMILES string of the molecule is Cc1ccc(Nc2nc(NCCc3ccccc3)nc3nccnc23)cc1C. The Labute approximate surface area is 164 Å². The first-order valence-corrected chi connectivity index (χ1v) is 9.30. The van der Waals surface area contributed by atoms with Gasteiger partial charge in [0.25, 0.3) is 0 Å². The zero-order valence-corrected chi connectivity index (χ0v) is 16.0. The summed E-state index contributed by atoms with van der Waals surface area (Å²) in [6, 6.07) is 16.6. The van der Waals surface area contributed by atoms with Crippen LogP contribution in [0.1, 0.15) is 16.7 Å². The van der Waals surface area contributed by atoms with Crippen LogP contribution in [0.15, 0.2) is 60.9 Å². The minimum Gasteiger partial charge on any atom is -0.354 e. The monoisotopic (exact) mass is 370 g/mol. The van der Waals surface area contributed by atoms with Crippen molar-refractivity contribution < 1.29 is 0 Å². The van der Waals surface area contributed by atoms with Gasteiger partial charge in [-0.15, -0.1) is 0 Å². The lowest BCUT2D eigenvalue weighted by Gasteiger charge is -2.12. The number of hydrogen-bond donors (Lipinski definition) is 2. The Morgan fingerprint density at radius 3 is 2.50 bits per heavy atom. The predicted octanol–water partition coefficient (Wildman–Crippen LogP) is 4.43. The van der Waals surface area contributed by atoms with Gasteiger partial charge in [-0.2, -0.15) is 9.97 Å². The van der Waals surface area contributed by atoms with E-state index in [0.29, 0.717) is 22.9 Å². The molecule has 0 saturated heterocycles. The third-order valence-corrected chi connectivity index (χ3v) is 4.64. The van der Waals surface area contributed by atoms with Crippen molar-refractivity contribution in [3.8, 4) is 0 Å². The van der Waals surface area contributed by atoms with Gasteiger partial charge in [0.15, 0.2) is 17.0 Å². The second-order valence-corrected chi connectivity index (χ2v) is 6.71. The van der Waals surface area contributed by atoms with Gasteiger partial charge in [-0.25, -0.2) is 9.97 Å². The smallest absolute Gasteiger partial charge is 0.226 e. The van der Waals surface area contributed by atoms with E-state index in [1.54, 1.807) is 12.4 Å². The second kappa shape index (κ2) is 8.00. The normalized spacial score (nSPS) is 10.8. The molecule has 6 nitrogen and oxygen atoms in total. The van der Waals surface area contributed by atoms with Gasteiger partial charge in [-0.05, 0) is 49.1 Å². The summed E-state index contributed by atoms with van der Waals surface area (Å²) in [5.74, 6) is 1.18. The molecule has 0 spiro atoms. The van der Waals surface area contributed by atoms with Crippen LogP contribution in [0.4, 0.5) is 17.5 Å². The fourth-order valence-corrected chi connectivity index (χ4v) is 2.95. The molecule has 0 atom stereocenters. The summed E-state index contributed by atoms with van der Waals surface area (Å²) >= 11 is 0. The standard InChI is InChI=1S/C22H22N6/c1-15-8-9-18(14-16(15)2)26-21-19-20(24-13-12-23-19)27-22(28-21)25-11-10-17-6-4-3-5-7-17/h3-9,12-14H,10-11H2,1-2H3,(H2,24,25,26,27,28). The Balaban J connectivity index is 1.58. The number of hydrogen-bond acceptors (Lipinski definition) is 6. The van der Waals surface area contributed by atoms with Crippen molar-refractivity contribution in [1.82, 2.24) is 19.9 Å². The minimum atomic E-state index is 0.537. The second-order valence-electron chi connectivity index (χ2n) is 6.71. The summed E-state index contributed by atoms with van der Waals surface area (Å²) in [6.45, 7) is 4.92. The van der Waals surface area contributed by atoms with E-state index in [4.69, 9.17) is 0 Å². The van der Waals surface area contributed by atoms with Crippen LogP contribution in [0.3, 0.4) is 0 Å². The molecule has 0 saturated carbocycles. The highest BCUT2D eigenvalue weighted by Gasteiger charge is 2.10. The lowest BCUT2D eigenvalue weighted by atomic mass is 10.1. The molecule has 2 N–H and O–H groups in total. The molecular formula is C22H22N6. The highest BCUT2D eigenvalue weighted by Crippen LogP contribution is 2.23. The van der Waals surface area contributed by atoms with Gasteiger partial charge in [-0.3, -0.25) is 0 Å². The summed E-state index contributed by atoms with van der Waals surface area (Å²) in [5, 5.41) is 6.67. The van der Waals surface area contributed by atoms with Gasteiger partial charge in [0.05, 0.1) is 0 Å². The average molecular weight is 370 g/mol. The van der Waals surface area contributed by atoms with Gasteiger partial charge in [0.2, 0.25) is 5.95 Å². The van der Waals surface area contributed by atoms with E-state index in [2.05, 4.69) is 68.7 Å². The lowest BCUT2D eigenvalue weighted by Crippen LogP contribution is -2.10. The fraction of sp³-hybridized carbons (Fsp3) is 0.182. The van der Waals surface area contributed by atoms with Crippen molar-refractivity contribution in [3.63, 3.8) is 0 Å². The summed E-state index contributed by atoms with van der Waals surface area (Å²) in [5.41, 5.74) is 5.91. The van der Waals surface area contributed by atoms with Crippen LogP contribution in [-0.4, -0.2) is 26.5 Å². The molecule has 0 bridgehead atoms. The zero-order valence-electron chi connectivity index (χ0n) is 16.0. The summed E-state index contributed by atoms with van der Waals surface area (Å²) in [6.07, 6.45) is 4.19. The number of aromatic nitrogens is 4. The van der Waals surface area contributed by atoms with Gasteiger partial charge < -0.3 is 10.6 Å². The third kappa shape index (κ3) is 4.06. The first-order chi connectivity index (χ1) is 13.7. The average Bonchev–Trinajstić information content (AvgIpc) is 2.72. The molecule has 4 aromatic rings. The number of anilines is 3. The van der Waals surface area contributed by atoms with Crippen molar-refractivity contribution in [1.29, 1.82) is 0 Å². The number of rotatable bonds is 6. The Hall–Kier alpha value is -3.54. The molecule has 28 heavy (non-hydrogen) atoms. The Kier molecular flexibility index (Phi) is 5.10. The van der Waals surface area contributed by atoms with Crippen LogP contribution in [0, 0.1) is 13.8 Å². The summed E-state index contributed by atoms with van der Waals surface area (Å²) < 4.78 is 0. The topological polar surface area (TPSA) is 75.6 Å². The molecule has 4 rings (SSSR count). The van der Waals surface area contributed by atoms with Crippen molar-refractivity contribution in [2.24, 2.45) is 0 Å². The molecule has 0 fully saturated rings. The number of benzene rings is 2.